The number of hydrogen-bond acceptors (Lipinski definition) is 3. The van der Waals surface area contributed by atoms with Crippen molar-refractivity contribution in [2.75, 3.05) is 46.3 Å². The van der Waals surface area contributed by atoms with Gasteiger partial charge < -0.3 is 20.4 Å². The van der Waals surface area contributed by atoms with E-state index in [-0.39, 0.29) is 6.03 Å². The summed E-state index contributed by atoms with van der Waals surface area (Å²) in [7, 11) is 2.16. The summed E-state index contributed by atoms with van der Waals surface area (Å²) in [6.45, 7) is 6.92. The number of carbonyl (C=O) groups is 1. The lowest BCUT2D eigenvalue weighted by Gasteiger charge is -2.32. The molecule has 0 radical (unpaired) electrons. The van der Waals surface area contributed by atoms with Crippen molar-refractivity contribution in [1.29, 1.82) is 0 Å². The van der Waals surface area contributed by atoms with E-state index in [1.807, 2.05) is 30.3 Å². The first-order valence-corrected chi connectivity index (χ1v) is 7.70. The number of nitrogens with one attached hydrogen (secondary N) is 2. The van der Waals surface area contributed by atoms with E-state index in [0.29, 0.717) is 6.54 Å². The molecule has 5 heteroatoms. The highest BCUT2D eigenvalue weighted by molar-refractivity contribution is 5.73. The minimum absolute atomic E-state index is 0.0859. The van der Waals surface area contributed by atoms with Gasteiger partial charge >= 0.3 is 6.03 Å². The summed E-state index contributed by atoms with van der Waals surface area (Å²) in [6, 6.07) is 9.86. The average Bonchev–Trinajstić information content (AvgIpc) is 2.52. The van der Waals surface area contributed by atoms with E-state index in [9.17, 15) is 4.79 Å². The van der Waals surface area contributed by atoms with E-state index in [1.165, 1.54) is 0 Å². The van der Waals surface area contributed by atoms with Gasteiger partial charge in [-0.05, 0) is 25.6 Å². The van der Waals surface area contributed by atoms with Crippen LogP contribution in [0.2, 0.25) is 0 Å². The van der Waals surface area contributed by atoms with Gasteiger partial charge in [0.05, 0.1) is 0 Å². The number of nitrogens with zero attached hydrogens (tertiary/aromatic N) is 2. The lowest BCUT2D eigenvalue weighted by molar-refractivity contribution is 0.153. The molecule has 0 aliphatic carbocycles. The van der Waals surface area contributed by atoms with Crippen LogP contribution in [-0.2, 0) is 6.54 Å². The molecule has 1 saturated heterocycles. The molecule has 5 nitrogen and oxygen atoms in total. The molecule has 0 atom stereocenters. The number of likely N-dealkylation sites (N-methyl/N-ethyl adjacent to an activating group) is 1. The van der Waals surface area contributed by atoms with E-state index in [2.05, 4.69) is 27.5 Å². The summed E-state index contributed by atoms with van der Waals surface area (Å²) >= 11 is 0. The van der Waals surface area contributed by atoms with E-state index >= 15 is 0 Å². The first kappa shape index (κ1) is 15.8. The topological polar surface area (TPSA) is 47.6 Å². The van der Waals surface area contributed by atoms with Crippen LogP contribution in [0.25, 0.3) is 0 Å². The van der Waals surface area contributed by atoms with Crippen LogP contribution in [0.4, 0.5) is 4.79 Å². The molecule has 2 N–H and O–H groups in total. The molecule has 1 aliphatic heterocycles. The molecule has 0 aromatic heterocycles. The van der Waals surface area contributed by atoms with Gasteiger partial charge in [0.2, 0.25) is 0 Å². The molecule has 116 valence electrons. The van der Waals surface area contributed by atoms with Crippen LogP contribution in [0, 0.1) is 0 Å². The van der Waals surface area contributed by atoms with E-state index in [1.54, 1.807) is 0 Å². The van der Waals surface area contributed by atoms with Crippen molar-refractivity contribution in [2.45, 2.75) is 13.0 Å². The van der Waals surface area contributed by atoms with Crippen molar-refractivity contribution in [3.8, 4) is 0 Å². The van der Waals surface area contributed by atoms with E-state index in [0.717, 1.165) is 51.3 Å². The minimum Gasteiger partial charge on any atom is -0.338 e. The van der Waals surface area contributed by atoms with Gasteiger partial charge in [0, 0.05) is 39.3 Å². The molecule has 2 amide bonds. The van der Waals surface area contributed by atoms with Gasteiger partial charge in [-0.1, -0.05) is 30.3 Å². The summed E-state index contributed by atoms with van der Waals surface area (Å²) in [4.78, 5) is 16.5. The van der Waals surface area contributed by atoms with Crippen molar-refractivity contribution < 1.29 is 4.79 Å². The summed E-state index contributed by atoms with van der Waals surface area (Å²) in [6.07, 6.45) is 1.00. The standard InChI is InChI=1S/C16H26N4O/c1-19-10-12-20(13-11-19)9-5-8-17-16(21)18-14-15-6-3-2-4-7-15/h2-4,6-7H,5,8-14H2,1H3,(H2,17,18,21). The highest BCUT2D eigenvalue weighted by Crippen LogP contribution is 1.99. The number of amides is 2. The lowest BCUT2D eigenvalue weighted by atomic mass is 10.2. The molecule has 1 aromatic carbocycles. The highest BCUT2D eigenvalue weighted by atomic mass is 16.2. The number of piperazine rings is 1. The van der Waals surface area contributed by atoms with Crippen LogP contribution in [0.3, 0.4) is 0 Å². The summed E-state index contributed by atoms with van der Waals surface area (Å²) in [5.74, 6) is 0. The summed E-state index contributed by atoms with van der Waals surface area (Å²) < 4.78 is 0. The molecule has 21 heavy (non-hydrogen) atoms. The number of urea groups is 1. The fraction of sp³-hybridized carbons (Fsp3) is 0.562. The second-order valence-corrected chi connectivity index (χ2v) is 5.59. The van der Waals surface area contributed by atoms with Crippen LogP contribution in [-0.4, -0.2) is 62.1 Å². The fourth-order valence-corrected chi connectivity index (χ4v) is 2.42. The minimum atomic E-state index is -0.0859. The Balaban J connectivity index is 1.51. The molecule has 1 heterocycles. The molecule has 0 unspecified atom stereocenters. The smallest absolute Gasteiger partial charge is 0.315 e. The predicted molar refractivity (Wildman–Crippen MR) is 85.2 cm³/mol. The quantitative estimate of drug-likeness (QED) is 0.772. The third-order valence-electron chi connectivity index (χ3n) is 3.83. The average molecular weight is 290 g/mol. The number of rotatable bonds is 6. The van der Waals surface area contributed by atoms with Gasteiger partial charge in [0.1, 0.15) is 0 Å². The maximum Gasteiger partial charge on any atom is 0.315 e. The van der Waals surface area contributed by atoms with E-state index < -0.39 is 0 Å². The number of hydrogen-bond donors (Lipinski definition) is 2. The Labute approximate surface area is 127 Å². The third-order valence-corrected chi connectivity index (χ3v) is 3.83. The van der Waals surface area contributed by atoms with Gasteiger partial charge in [-0.25, -0.2) is 4.79 Å². The Morgan fingerprint density at radius 2 is 1.81 bits per heavy atom. The molecule has 0 bridgehead atoms. The molecule has 0 saturated carbocycles. The van der Waals surface area contributed by atoms with Crippen molar-refractivity contribution in [1.82, 2.24) is 20.4 Å². The van der Waals surface area contributed by atoms with Crippen LogP contribution in [0.5, 0.6) is 0 Å². The fourth-order valence-electron chi connectivity index (χ4n) is 2.42. The highest BCUT2D eigenvalue weighted by Gasteiger charge is 2.12. The van der Waals surface area contributed by atoms with Gasteiger partial charge in [-0.2, -0.15) is 0 Å². The van der Waals surface area contributed by atoms with Crippen molar-refractivity contribution in [3.05, 3.63) is 35.9 Å². The van der Waals surface area contributed by atoms with Gasteiger partial charge in [0.15, 0.2) is 0 Å². The molecular weight excluding hydrogens is 264 g/mol. The molecule has 1 fully saturated rings. The predicted octanol–water partition coefficient (Wildman–Crippen LogP) is 1.12. The second kappa shape index (κ2) is 8.64. The Hall–Kier alpha value is -1.59. The Morgan fingerprint density at radius 3 is 2.52 bits per heavy atom. The molecular formula is C16H26N4O. The van der Waals surface area contributed by atoms with Crippen LogP contribution in [0.1, 0.15) is 12.0 Å². The first-order valence-electron chi connectivity index (χ1n) is 7.70. The van der Waals surface area contributed by atoms with Crippen LogP contribution < -0.4 is 10.6 Å². The maximum absolute atomic E-state index is 11.7. The zero-order chi connectivity index (χ0) is 14.9. The van der Waals surface area contributed by atoms with Crippen molar-refractivity contribution in [3.63, 3.8) is 0 Å². The molecule has 1 aliphatic rings. The van der Waals surface area contributed by atoms with Gasteiger partial charge in [0.25, 0.3) is 0 Å². The molecule has 1 aromatic rings. The van der Waals surface area contributed by atoms with Crippen LogP contribution in [0.15, 0.2) is 30.3 Å². The third kappa shape index (κ3) is 6.14. The van der Waals surface area contributed by atoms with Gasteiger partial charge in [-0.3, -0.25) is 0 Å². The number of benzene rings is 1. The zero-order valence-corrected chi connectivity index (χ0v) is 12.8. The van der Waals surface area contributed by atoms with E-state index in [4.69, 9.17) is 0 Å². The Bertz CT molecular complexity index is 416. The van der Waals surface area contributed by atoms with Crippen molar-refractivity contribution >= 4 is 6.03 Å². The van der Waals surface area contributed by atoms with Crippen molar-refractivity contribution in [2.24, 2.45) is 0 Å². The second-order valence-electron chi connectivity index (χ2n) is 5.59. The zero-order valence-electron chi connectivity index (χ0n) is 12.8. The normalized spacial score (nSPS) is 16.6. The largest absolute Gasteiger partial charge is 0.338 e. The Kier molecular flexibility index (Phi) is 6.50. The maximum atomic E-state index is 11.7. The number of carbonyl (C=O) groups excluding carboxylic acids is 1. The van der Waals surface area contributed by atoms with Gasteiger partial charge in [-0.15, -0.1) is 0 Å². The summed E-state index contributed by atoms with van der Waals surface area (Å²) in [5.41, 5.74) is 1.12. The SMILES string of the molecule is CN1CCN(CCCNC(=O)NCc2ccccc2)CC1. The lowest BCUT2D eigenvalue weighted by Crippen LogP contribution is -2.45. The van der Waals surface area contributed by atoms with Crippen LogP contribution >= 0.6 is 0 Å². The summed E-state index contributed by atoms with van der Waals surface area (Å²) in [5, 5.41) is 5.79. The molecule has 2 rings (SSSR count). The molecule has 0 spiro atoms. The Morgan fingerprint density at radius 1 is 1.10 bits per heavy atom. The monoisotopic (exact) mass is 290 g/mol. The first-order chi connectivity index (χ1) is 10.2.